The van der Waals surface area contributed by atoms with E-state index in [9.17, 15) is 4.39 Å². The minimum Gasteiger partial charge on any atom is -0.476 e. The van der Waals surface area contributed by atoms with E-state index in [1.807, 2.05) is 12.1 Å². The van der Waals surface area contributed by atoms with Crippen LogP contribution in [0.5, 0.6) is 5.88 Å². The smallest absolute Gasteiger partial charge is 0.237 e. The van der Waals surface area contributed by atoms with Crippen LogP contribution in [0, 0.1) is 11.8 Å². The second kappa shape index (κ2) is 4.09. The zero-order chi connectivity index (χ0) is 12.9. The van der Waals surface area contributed by atoms with Crippen molar-refractivity contribution in [2.45, 2.75) is 31.4 Å². The first kappa shape index (κ1) is 11.5. The molecule has 1 aromatic rings. The lowest BCUT2D eigenvalue weighted by atomic mass is 9.90. The number of halogens is 1. The van der Waals surface area contributed by atoms with E-state index in [4.69, 9.17) is 4.74 Å². The zero-order valence-electron chi connectivity index (χ0n) is 11.0. The predicted molar refractivity (Wildman–Crippen MR) is 71.2 cm³/mol. The molecule has 0 unspecified atom stereocenters. The van der Waals surface area contributed by atoms with Crippen molar-refractivity contribution in [3.63, 3.8) is 0 Å². The van der Waals surface area contributed by atoms with E-state index in [1.54, 1.807) is 6.20 Å². The van der Waals surface area contributed by atoms with E-state index in [0.29, 0.717) is 30.8 Å². The first-order valence-electron chi connectivity index (χ1n) is 7.26. The molecule has 2 aliphatic carbocycles. The molecule has 0 bridgehead atoms. The minimum absolute atomic E-state index is 0.302. The van der Waals surface area contributed by atoms with Gasteiger partial charge in [0.1, 0.15) is 11.4 Å². The molecule has 4 heteroatoms. The highest BCUT2D eigenvalue weighted by atomic mass is 19.1. The molecular weight excluding hydrogens is 243 g/mol. The van der Waals surface area contributed by atoms with E-state index in [0.717, 1.165) is 25.1 Å². The van der Waals surface area contributed by atoms with E-state index >= 15 is 0 Å². The zero-order valence-corrected chi connectivity index (χ0v) is 11.0. The standard InChI is InChI=1S/C15H19FN2O/c16-15(12-5-6-12)9-18(10-15)13-2-1-7-17-14(13)19-8-11-3-4-11/h1-2,7,11-12H,3-6,8-10H2. The van der Waals surface area contributed by atoms with Gasteiger partial charge in [-0.15, -0.1) is 0 Å². The summed E-state index contributed by atoms with van der Waals surface area (Å²) in [7, 11) is 0. The molecule has 3 nitrogen and oxygen atoms in total. The Morgan fingerprint density at radius 1 is 1.32 bits per heavy atom. The van der Waals surface area contributed by atoms with Crippen LogP contribution in [-0.2, 0) is 0 Å². The third-order valence-electron chi connectivity index (χ3n) is 4.46. The van der Waals surface area contributed by atoms with Crippen molar-refractivity contribution in [2.75, 3.05) is 24.6 Å². The van der Waals surface area contributed by atoms with Gasteiger partial charge in [-0.3, -0.25) is 0 Å². The summed E-state index contributed by atoms with van der Waals surface area (Å²) in [5.41, 5.74) is 0.000867. The van der Waals surface area contributed by atoms with Crippen molar-refractivity contribution in [1.82, 2.24) is 4.98 Å². The lowest BCUT2D eigenvalue weighted by molar-refractivity contribution is 0.0924. The molecule has 4 rings (SSSR count). The number of hydrogen-bond donors (Lipinski definition) is 0. The first-order chi connectivity index (χ1) is 9.24. The van der Waals surface area contributed by atoms with Crippen molar-refractivity contribution in [3.05, 3.63) is 18.3 Å². The highest BCUT2D eigenvalue weighted by Crippen LogP contribution is 2.49. The Kier molecular flexibility index (Phi) is 2.47. The fourth-order valence-electron chi connectivity index (χ4n) is 2.83. The molecule has 0 spiro atoms. The fraction of sp³-hybridized carbons (Fsp3) is 0.667. The van der Waals surface area contributed by atoms with Gasteiger partial charge in [-0.25, -0.2) is 9.37 Å². The average Bonchev–Trinajstić information content (AvgIpc) is 3.26. The van der Waals surface area contributed by atoms with Crippen LogP contribution in [0.3, 0.4) is 0 Å². The monoisotopic (exact) mass is 262 g/mol. The maximum absolute atomic E-state index is 14.4. The van der Waals surface area contributed by atoms with Gasteiger partial charge in [0.05, 0.1) is 19.7 Å². The number of hydrogen-bond acceptors (Lipinski definition) is 3. The summed E-state index contributed by atoms with van der Waals surface area (Å²) in [5, 5.41) is 0. The van der Waals surface area contributed by atoms with Gasteiger partial charge in [0.15, 0.2) is 0 Å². The summed E-state index contributed by atoms with van der Waals surface area (Å²) in [4.78, 5) is 6.37. The molecule has 2 heterocycles. The number of pyridine rings is 1. The summed E-state index contributed by atoms with van der Waals surface area (Å²) in [5.74, 6) is 1.68. The lowest BCUT2D eigenvalue weighted by Gasteiger charge is -2.46. The highest BCUT2D eigenvalue weighted by molar-refractivity contribution is 5.58. The molecule has 1 aromatic heterocycles. The topological polar surface area (TPSA) is 25.4 Å². The second-order valence-corrected chi connectivity index (χ2v) is 6.25. The molecule has 3 aliphatic rings. The van der Waals surface area contributed by atoms with Crippen LogP contribution in [0.2, 0.25) is 0 Å². The van der Waals surface area contributed by atoms with Gasteiger partial charge in [-0.05, 0) is 49.7 Å². The average molecular weight is 262 g/mol. The first-order valence-corrected chi connectivity index (χ1v) is 7.26. The molecule has 19 heavy (non-hydrogen) atoms. The molecule has 102 valence electrons. The molecule has 3 fully saturated rings. The van der Waals surface area contributed by atoms with Gasteiger partial charge in [0.2, 0.25) is 5.88 Å². The minimum atomic E-state index is -0.955. The molecule has 0 amide bonds. The summed E-state index contributed by atoms with van der Waals surface area (Å²) >= 11 is 0. The lowest BCUT2D eigenvalue weighted by Crippen LogP contribution is -2.60. The van der Waals surface area contributed by atoms with Gasteiger partial charge < -0.3 is 9.64 Å². The Labute approximate surface area is 112 Å². The predicted octanol–water partition coefficient (Wildman–Crippen LogP) is 2.81. The van der Waals surface area contributed by atoms with Gasteiger partial charge in [-0.2, -0.15) is 0 Å². The number of aromatic nitrogens is 1. The second-order valence-electron chi connectivity index (χ2n) is 6.25. The van der Waals surface area contributed by atoms with Crippen molar-refractivity contribution in [3.8, 4) is 5.88 Å². The van der Waals surface area contributed by atoms with E-state index < -0.39 is 5.67 Å². The summed E-state index contributed by atoms with van der Waals surface area (Å²) < 4.78 is 20.2. The van der Waals surface area contributed by atoms with E-state index in [-0.39, 0.29) is 0 Å². The Morgan fingerprint density at radius 3 is 2.79 bits per heavy atom. The third kappa shape index (κ3) is 2.17. The van der Waals surface area contributed by atoms with Crippen molar-refractivity contribution in [2.24, 2.45) is 11.8 Å². The summed E-state index contributed by atoms with van der Waals surface area (Å²) in [6.45, 7) is 1.76. The van der Waals surface area contributed by atoms with E-state index in [1.165, 1.54) is 12.8 Å². The Bertz CT molecular complexity index is 479. The molecule has 1 aliphatic heterocycles. The molecular formula is C15H19FN2O. The van der Waals surface area contributed by atoms with Crippen LogP contribution in [0.15, 0.2) is 18.3 Å². The van der Waals surface area contributed by atoms with Crippen LogP contribution in [-0.4, -0.2) is 30.3 Å². The largest absolute Gasteiger partial charge is 0.476 e. The molecule has 0 radical (unpaired) electrons. The van der Waals surface area contributed by atoms with Crippen molar-refractivity contribution >= 4 is 5.69 Å². The third-order valence-corrected chi connectivity index (χ3v) is 4.46. The Morgan fingerprint density at radius 2 is 2.11 bits per heavy atom. The van der Waals surface area contributed by atoms with Crippen LogP contribution < -0.4 is 9.64 Å². The van der Waals surface area contributed by atoms with Crippen molar-refractivity contribution < 1.29 is 9.13 Å². The van der Waals surface area contributed by atoms with Crippen LogP contribution >= 0.6 is 0 Å². The van der Waals surface area contributed by atoms with Crippen LogP contribution in [0.25, 0.3) is 0 Å². The maximum Gasteiger partial charge on any atom is 0.237 e. The highest BCUT2D eigenvalue weighted by Gasteiger charge is 2.54. The van der Waals surface area contributed by atoms with Crippen LogP contribution in [0.4, 0.5) is 10.1 Å². The molecule has 0 N–H and O–H groups in total. The number of ether oxygens (including phenoxy) is 1. The molecule has 0 atom stereocenters. The van der Waals surface area contributed by atoms with Crippen LogP contribution in [0.1, 0.15) is 25.7 Å². The maximum atomic E-state index is 14.4. The Hall–Kier alpha value is -1.32. The number of nitrogens with zero attached hydrogens (tertiary/aromatic N) is 2. The van der Waals surface area contributed by atoms with Gasteiger partial charge in [-0.1, -0.05) is 0 Å². The summed E-state index contributed by atoms with van der Waals surface area (Å²) in [6, 6.07) is 3.89. The van der Waals surface area contributed by atoms with Gasteiger partial charge >= 0.3 is 0 Å². The molecule has 0 aromatic carbocycles. The molecule has 1 saturated heterocycles. The quantitative estimate of drug-likeness (QED) is 0.816. The number of rotatable bonds is 5. The number of anilines is 1. The normalized spacial score (nSPS) is 25.0. The van der Waals surface area contributed by atoms with Crippen molar-refractivity contribution in [1.29, 1.82) is 0 Å². The van der Waals surface area contributed by atoms with Gasteiger partial charge in [0, 0.05) is 6.20 Å². The fourth-order valence-corrected chi connectivity index (χ4v) is 2.83. The van der Waals surface area contributed by atoms with E-state index in [2.05, 4.69) is 9.88 Å². The number of alkyl halides is 1. The van der Waals surface area contributed by atoms with Gasteiger partial charge in [0.25, 0.3) is 0 Å². The summed E-state index contributed by atoms with van der Waals surface area (Å²) in [6.07, 6.45) is 6.39. The molecule has 2 saturated carbocycles. The SMILES string of the molecule is FC1(C2CC2)CN(c2cccnc2OCC2CC2)C1. The Balaban J connectivity index is 1.45.